The summed E-state index contributed by atoms with van der Waals surface area (Å²) in [6, 6.07) is 17.6. The van der Waals surface area contributed by atoms with Crippen LogP contribution >= 0.6 is 0 Å². The lowest BCUT2D eigenvalue weighted by atomic mass is 9.60. The van der Waals surface area contributed by atoms with E-state index >= 15 is 0 Å². The first-order valence-corrected chi connectivity index (χ1v) is 10.7. The molecule has 0 spiro atoms. The molecule has 2 saturated heterocycles. The van der Waals surface area contributed by atoms with Crippen LogP contribution in [0.5, 0.6) is 5.75 Å². The number of aromatic hydroxyl groups is 1. The van der Waals surface area contributed by atoms with Crippen molar-refractivity contribution >= 4 is 0 Å². The Hall–Kier alpha value is -1.88. The minimum absolute atomic E-state index is 0.0354. The van der Waals surface area contributed by atoms with Gasteiger partial charge >= 0.3 is 0 Å². The van der Waals surface area contributed by atoms with Gasteiger partial charge in [0.05, 0.1) is 13.2 Å². The van der Waals surface area contributed by atoms with Gasteiger partial charge in [-0.25, -0.2) is 0 Å². The highest BCUT2D eigenvalue weighted by Gasteiger charge is 2.46. The Labute approximate surface area is 167 Å². The fourth-order valence-corrected chi connectivity index (χ4v) is 5.60. The number of hydrogen-bond donors (Lipinski definition) is 1. The van der Waals surface area contributed by atoms with E-state index in [1.165, 1.54) is 16.7 Å². The summed E-state index contributed by atoms with van der Waals surface area (Å²) in [5, 5.41) is 10.2. The normalized spacial score (nSPS) is 28.1. The van der Waals surface area contributed by atoms with E-state index in [0.717, 1.165) is 65.2 Å². The summed E-state index contributed by atoms with van der Waals surface area (Å²) in [5.74, 6) is 0.391. The van der Waals surface area contributed by atoms with Gasteiger partial charge in [0.2, 0.25) is 0 Å². The highest BCUT2D eigenvalue weighted by molar-refractivity contribution is 5.50. The molecule has 2 atom stereocenters. The van der Waals surface area contributed by atoms with Gasteiger partial charge in [0.25, 0.3) is 0 Å². The molecule has 2 bridgehead atoms. The van der Waals surface area contributed by atoms with Gasteiger partial charge in [0, 0.05) is 37.6 Å². The minimum Gasteiger partial charge on any atom is -0.508 e. The first-order chi connectivity index (χ1) is 13.7. The van der Waals surface area contributed by atoms with E-state index in [9.17, 15) is 5.11 Å². The third kappa shape index (κ3) is 3.24. The van der Waals surface area contributed by atoms with Gasteiger partial charge in [-0.15, -0.1) is 0 Å². The largest absolute Gasteiger partial charge is 0.508 e. The molecular weight excluding hydrogens is 348 g/mol. The van der Waals surface area contributed by atoms with Gasteiger partial charge in [-0.2, -0.15) is 0 Å². The molecule has 1 N–H and O–H groups in total. The van der Waals surface area contributed by atoms with Crippen molar-refractivity contribution in [3.63, 3.8) is 0 Å². The Morgan fingerprint density at radius 3 is 2.64 bits per heavy atom. The lowest BCUT2D eigenvalue weighted by molar-refractivity contribution is 0.0238. The molecular formula is C24H30N2O2. The molecule has 0 radical (unpaired) electrons. The van der Waals surface area contributed by atoms with Crippen LogP contribution in [0.1, 0.15) is 29.5 Å². The molecule has 2 fully saturated rings. The van der Waals surface area contributed by atoms with Gasteiger partial charge in [0.1, 0.15) is 5.75 Å². The quantitative estimate of drug-likeness (QED) is 0.887. The Morgan fingerprint density at radius 2 is 1.82 bits per heavy atom. The lowest BCUT2D eigenvalue weighted by Crippen LogP contribution is -2.55. The van der Waals surface area contributed by atoms with E-state index in [0.29, 0.717) is 11.8 Å². The van der Waals surface area contributed by atoms with Gasteiger partial charge in [0.15, 0.2) is 0 Å². The summed E-state index contributed by atoms with van der Waals surface area (Å²) >= 11 is 0. The highest BCUT2D eigenvalue weighted by Crippen LogP contribution is 2.49. The van der Waals surface area contributed by atoms with E-state index in [2.05, 4.69) is 46.2 Å². The van der Waals surface area contributed by atoms with Crippen LogP contribution in [0, 0.1) is 0 Å². The number of hydrogen-bond acceptors (Lipinski definition) is 4. The third-order valence-corrected chi connectivity index (χ3v) is 7.12. The van der Waals surface area contributed by atoms with E-state index in [-0.39, 0.29) is 5.41 Å². The predicted molar refractivity (Wildman–Crippen MR) is 111 cm³/mol. The van der Waals surface area contributed by atoms with Crippen molar-refractivity contribution in [1.82, 2.24) is 9.80 Å². The summed E-state index contributed by atoms with van der Waals surface area (Å²) < 4.78 is 5.49. The van der Waals surface area contributed by atoms with Crippen LogP contribution in [-0.2, 0) is 16.6 Å². The number of ether oxygens (including phenoxy) is 1. The van der Waals surface area contributed by atoms with E-state index < -0.39 is 0 Å². The number of fused-ring (bicyclic) bond motifs is 4. The summed E-state index contributed by atoms with van der Waals surface area (Å²) in [4.78, 5) is 5.25. The smallest absolute Gasteiger partial charge is 0.115 e. The Bertz CT molecular complexity index is 819. The van der Waals surface area contributed by atoms with Gasteiger partial charge in [-0.05, 0) is 54.6 Å². The first kappa shape index (κ1) is 18.2. The number of morpholine rings is 1. The van der Waals surface area contributed by atoms with Gasteiger partial charge in [-0.3, -0.25) is 9.80 Å². The average molecular weight is 379 g/mol. The van der Waals surface area contributed by atoms with Crippen LogP contribution in [-0.4, -0.2) is 66.9 Å². The number of nitrogens with zero attached hydrogens (tertiary/aromatic N) is 2. The molecule has 0 saturated carbocycles. The van der Waals surface area contributed by atoms with Crippen molar-refractivity contribution in [2.45, 2.75) is 30.7 Å². The molecule has 1 aliphatic carbocycles. The molecule has 2 aromatic rings. The molecule has 0 amide bonds. The number of phenolic OH excluding ortho intramolecular Hbond substituents is 1. The lowest BCUT2D eigenvalue weighted by Gasteiger charge is -2.52. The summed E-state index contributed by atoms with van der Waals surface area (Å²) in [6.07, 6.45) is 3.36. The van der Waals surface area contributed by atoms with Gasteiger partial charge < -0.3 is 9.84 Å². The van der Waals surface area contributed by atoms with Crippen molar-refractivity contribution in [3.05, 3.63) is 65.2 Å². The van der Waals surface area contributed by atoms with Crippen LogP contribution in [0.15, 0.2) is 48.5 Å². The van der Waals surface area contributed by atoms with Crippen LogP contribution in [0.2, 0.25) is 0 Å². The molecule has 4 heteroatoms. The van der Waals surface area contributed by atoms with Crippen LogP contribution in [0.3, 0.4) is 0 Å². The maximum atomic E-state index is 10.2. The maximum Gasteiger partial charge on any atom is 0.115 e. The number of phenols is 1. The topological polar surface area (TPSA) is 35.9 Å². The maximum absolute atomic E-state index is 10.2. The van der Waals surface area contributed by atoms with Crippen molar-refractivity contribution < 1.29 is 9.84 Å². The van der Waals surface area contributed by atoms with E-state index in [1.54, 1.807) is 0 Å². The Morgan fingerprint density at radius 1 is 1.00 bits per heavy atom. The molecule has 2 unspecified atom stereocenters. The number of likely N-dealkylation sites (tertiary alicyclic amines) is 1. The van der Waals surface area contributed by atoms with Crippen LogP contribution < -0.4 is 0 Å². The molecule has 2 aromatic carbocycles. The Balaban J connectivity index is 1.42. The molecule has 2 aliphatic heterocycles. The monoisotopic (exact) mass is 378 g/mol. The molecule has 0 aromatic heterocycles. The van der Waals surface area contributed by atoms with Crippen LogP contribution in [0.25, 0.3) is 0 Å². The number of piperidine rings is 1. The summed E-state index contributed by atoms with van der Waals surface area (Å²) in [5.41, 5.74) is 4.20. The van der Waals surface area contributed by atoms with Crippen molar-refractivity contribution in [2.75, 3.05) is 45.9 Å². The van der Waals surface area contributed by atoms with Crippen molar-refractivity contribution in [3.8, 4) is 5.75 Å². The second kappa shape index (κ2) is 7.51. The zero-order valence-electron chi connectivity index (χ0n) is 16.5. The predicted octanol–water partition coefficient (Wildman–Crippen LogP) is 3.03. The fraction of sp³-hybridized carbons (Fsp3) is 0.500. The number of rotatable bonds is 4. The zero-order valence-corrected chi connectivity index (χ0v) is 16.5. The minimum atomic E-state index is 0.0354. The highest BCUT2D eigenvalue weighted by atomic mass is 16.5. The fourth-order valence-electron chi connectivity index (χ4n) is 5.60. The summed E-state index contributed by atoms with van der Waals surface area (Å²) in [6.45, 7) is 7.28. The third-order valence-electron chi connectivity index (χ3n) is 7.12. The molecule has 28 heavy (non-hydrogen) atoms. The van der Waals surface area contributed by atoms with E-state index in [1.807, 2.05) is 12.1 Å². The van der Waals surface area contributed by atoms with Crippen LogP contribution in [0.4, 0.5) is 0 Å². The molecule has 2 heterocycles. The Kier molecular flexibility index (Phi) is 4.87. The molecule has 4 nitrogen and oxygen atoms in total. The first-order valence-electron chi connectivity index (χ1n) is 10.7. The standard InChI is InChI=1S/C24H30N2O2/c27-22-7-6-19-16-21-18-24(23(19)17-22,20-4-2-1-3-5-20)8-9-26(21)11-10-25-12-14-28-15-13-25/h1-7,17,21,27H,8-16,18H2. The summed E-state index contributed by atoms with van der Waals surface area (Å²) in [7, 11) is 0. The zero-order chi connectivity index (χ0) is 19.0. The van der Waals surface area contributed by atoms with Gasteiger partial charge in [-0.1, -0.05) is 36.4 Å². The number of benzene rings is 2. The molecule has 5 rings (SSSR count). The SMILES string of the molecule is Oc1ccc2c(c1)C1(c3ccccc3)CCN(CCN3CCOCC3)C(C2)C1. The molecule has 148 valence electrons. The molecule has 3 aliphatic rings. The van der Waals surface area contributed by atoms with Crippen molar-refractivity contribution in [1.29, 1.82) is 0 Å². The average Bonchev–Trinajstić information content (AvgIpc) is 2.75. The second-order valence-electron chi connectivity index (χ2n) is 8.59. The second-order valence-corrected chi connectivity index (χ2v) is 8.59. The van der Waals surface area contributed by atoms with E-state index in [4.69, 9.17) is 4.74 Å². The van der Waals surface area contributed by atoms with Crippen molar-refractivity contribution in [2.24, 2.45) is 0 Å².